The molecule has 108 valence electrons. The van der Waals surface area contributed by atoms with Gasteiger partial charge in [0.1, 0.15) is 16.8 Å². The van der Waals surface area contributed by atoms with Gasteiger partial charge in [0.05, 0.1) is 0 Å². The molecule has 3 aromatic rings. The number of nitrogens with one attached hydrogen (secondary N) is 1. The Hall–Kier alpha value is -2.41. The predicted molar refractivity (Wildman–Crippen MR) is 77.0 cm³/mol. The molecular formula is C13H12ClN5O2. The van der Waals surface area contributed by atoms with Crippen LogP contribution in [0.3, 0.4) is 0 Å². The summed E-state index contributed by atoms with van der Waals surface area (Å²) in [6, 6.07) is 6.99. The minimum absolute atomic E-state index is 0.120. The van der Waals surface area contributed by atoms with Gasteiger partial charge in [0.2, 0.25) is 5.91 Å². The molecule has 0 aliphatic heterocycles. The van der Waals surface area contributed by atoms with Crippen molar-refractivity contribution in [1.29, 1.82) is 0 Å². The van der Waals surface area contributed by atoms with Crippen LogP contribution in [0.2, 0.25) is 5.15 Å². The van der Waals surface area contributed by atoms with Crippen molar-refractivity contribution in [2.24, 2.45) is 7.05 Å². The molecule has 21 heavy (non-hydrogen) atoms. The summed E-state index contributed by atoms with van der Waals surface area (Å²) in [6.45, 7) is 0. The first kappa shape index (κ1) is 13.6. The average molecular weight is 306 g/mol. The third kappa shape index (κ3) is 3.19. The van der Waals surface area contributed by atoms with Gasteiger partial charge in [0, 0.05) is 31.6 Å². The van der Waals surface area contributed by atoms with Crippen molar-refractivity contribution in [2.45, 2.75) is 12.8 Å². The lowest BCUT2D eigenvalue weighted by molar-refractivity contribution is -0.116. The van der Waals surface area contributed by atoms with Crippen molar-refractivity contribution in [2.75, 3.05) is 5.32 Å². The van der Waals surface area contributed by atoms with Crippen LogP contribution < -0.4 is 5.32 Å². The Balaban J connectivity index is 1.62. The fourth-order valence-corrected chi connectivity index (χ4v) is 2.12. The number of halogens is 1. The molecule has 7 nitrogen and oxygen atoms in total. The van der Waals surface area contributed by atoms with E-state index in [-0.39, 0.29) is 12.3 Å². The molecule has 8 heteroatoms. The van der Waals surface area contributed by atoms with Crippen LogP contribution in [0, 0.1) is 0 Å². The van der Waals surface area contributed by atoms with Crippen molar-refractivity contribution in [3.8, 4) is 0 Å². The molecule has 0 spiro atoms. The Bertz CT molecular complexity index is 795. The molecule has 2 heterocycles. The Morgan fingerprint density at radius 1 is 1.33 bits per heavy atom. The van der Waals surface area contributed by atoms with Crippen molar-refractivity contribution in [1.82, 2.24) is 20.2 Å². The zero-order valence-electron chi connectivity index (χ0n) is 11.2. The van der Waals surface area contributed by atoms with E-state index in [1.807, 2.05) is 6.07 Å². The van der Waals surface area contributed by atoms with E-state index in [0.717, 1.165) is 11.0 Å². The second kappa shape index (κ2) is 5.53. The maximum absolute atomic E-state index is 11.9. The van der Waals surface area contributed by atoms with Crippen LogP contribution in [-0.2, 0) is 18.3 Å². The summed E-state index contributed by atoms with van der Waals surface area (Å²) in [5, 5.41) is 15.0. The van der Waals surface area contributed by atoms with Crippen LogP contribution in [-0.4, -0.2) is 26.1 Å². The molecule has 0 unspecified atom stereocenters. The van der Waals surface area contributed by atoms with Crippen LogP contribution in [0.15, 0.2) is 28.8 Å². The Morgan fingerprint density at radius 3 is 2.90 bits per heavy atom. The van der Waals surface area contributed by atoms with E-state index in [4.69, 9.17) is 16.1 Å². The third-order valence-electron chi connectivity index (χ3n) is 2.89. The average Bonchev–Trinajstić information content (AvgIpc) is 3.01. The molecule has 0 fully saturated rings. The van der Waals surface area contributed by atoms with Crippen molar-refractivity contribution < 1.29 is 9.32 Å². The molecule has 0 radical (unpaired) electrons. The minimum Gasteiger partial charge on any atom is -0.360 e. The monoisotopic (exact) mass is 305 g/mol. The van der Waals surface area contributed by atoms with Crippen LogP contribution in [0.1, 0.15) is 12.2 Å². The Labute approximate surface area is 124 Å². The lowest BCUT2D eigenvalue weighted by atomic mass is 10.2. The third-order valence-corrected chi connectivity index (χ3v) is 3.07. The van der Waals surface area contributed by atoms with E-state index in [2.05, 4.69) is 20.7 Å². The molecule has 0 atom stereocenters. The second-order valence-electron chi connectivity index (χ2n) is 4.56. The van der Waals surface area contributed by atoms with Gasteiger partial charge in [-0.15, -0.1) is 0 Å². The summed E-state index contributed by atoms with van der Waals surface area (Å²) >= 11 is 5.64. The highest BCUT2D eigenvalue weighted by atomic mass is 35.5. The SMILES string of the molecule is Cn1nc2ccc(NC(=O)CCc3cc(Cl)no3)cc2n1. The van der Waals surface area contributed by atoms with Crippen molar-refractivity contribution in [3.63, 3.8) is 0 Å². The summed E-state index contributed by atoms with van der Waals surface area (Å²) in [4.78, 5) is 13.4. The molecule has 3 rings (SSSR count). The van der Waals surface area contributed by atoms with Gasteiger partial charge in [0.25, 0.3) is 0 Å². The first-order valence-electron chi connectivity index (χ1n) is 6.32. The van der Waals surface area contributed by atoms with E-state index in [1.54, 1.807) is 25.2 Å². The molecule has 1 N–H and O–H groups in total. The Kier molecular flexibility index (Phi) is 3.57. The molecule has 1 amide bonds. The summed E-state index contributed by atoms with van der Waals surface area (Å²) in [6.07, 6.45) is 0.725. The predicted octanol–water partition coefficient (Wildman–Crippen LogP) is 2.18. The lowest BCUT2D eigenvalue weighted by Gasteiger charge is -2.03. The number of amides is 1. The number of carbonyl (C=O) groups is 1. The second-order valence-corrected chi connectivity index (χ2v) is 4.94. The van der Waals surface area contributed by atoms with Gasteiger partial charge < -0.3 is 9.84 Å². The summed E-state index contributed by atoms with van der Waals surface area (Å²) < 4.78 is 4.94. The van der Waals surface area contributed by atoms with Gasteiger partial charge in [0.15, 0.2) is 5.15 Å². The van der Waals surface area contributed by atoms with E-state index < -0.39 is 0 Å². The van der Waals surface area contributed by atoms with Gasteiger partial charge in [-0.2, -0.15) is 15.0 Å². The Morgan fingerprint density at radius 2 is 2.14 bits per heavy atom. The number of carbonyl (C=O) groups excluding carboxylic acids is 1. The van der Waals surface area contributed by atoms with E-state index in [0.29, 0.717) is 23.0 Å². The molecule has 1 aromatic carbocycles. The number of fused-ring (bicyclic) bond motifs is 1. The summed E-state index contributed by atoms with van der Waals surface area (Å²) in [5.74, 6) is 0.463. The zero-order chi connectivity index (χ0) is 14.8. The van der Waals surface area contributed by atoms with Crippen LogP contribution in [0.25, 0.3) is 11.0 Å². The van der Waals surface area contributed by atoms with Crippen LogP contribution in [0.4, 0.5) is 5.69 Å². The number of rotatable bonds is 4. The standard InChI is InChI=1S/C13H12ClN5O2/c1-19-16-10-4-2-8(6-11(10)17-19)15-13(20)5-3-9-7-12(14)18-21-9/h2,4,6-7H,3,5H2,1H3,(H,15,20). The van der Waals surface area contributed by atoms with Crippen molar-refractivity contribution >= 4 is 34.2 Å². The normalized spacial score (nSPS) is 11.0. The van der Waals surface area contributed by atoms with Gasteiger partial charge in [-0.05, 0) is 18.2 Å². The topological polar surface area (TPSA) is 85.8 Å². The molecular weight excluding hydrogens is 294 g/mol. The number of hydrogen-bond donors (Lipinski definition) is 1. The van der Waals surface area contributed by atoms with Gasteiger partial charge in [-0.1, -0.05) is 16.8 Å². The number of benzene rings is 1. The summed E-state index contributed by atoms with van der Waals surface area (Å²) in [5.41, 5.74) is 2.20. The van der Waals surface area contributed by atoms with Crippen molar-refractivity contribution in [3.05, 3.63) is 35.2 Å². The number of aromatic nitrogens is 4. The van der Waals surface area contributed by atoms with E-state index in [9.17, 15) is 4.79 Å². The largest absolute Gasteiger partial charge is 0.360 e. The number of nitrogens with zero attached hydrogens (tertiary/aromatic N) is 4. The zero-order valence-corrected chi connectivity index (χ0v) is 12.0. The smallest absolute Gasteiger partial charge is 0.224 e. The maximum Gasteiger partial charge on any atom is 0.224 e. The number of aryl methyl sites for hydroxylation is 2. The fraction of sp³-hybridized carbons (Fsp3) is 0.231. The van der Waals surface area contributed by atoms with Crippen LogP contribution in [0.5, 0.6) is 0 Å². The highest BCUT2D eigenvalue weighted by molar-refractivity contribution is 6.29. The molecule has 0 saturated heterocycles. The highest BCUT2D eigenvalue weighted by Crippen LogP contribution is 2.16. The lowest BCUT2D eigenvalue weighted by Crippen LogP contribution is -2.12. The van der Waals surface area contributed by atoms with Gasteiger partial charge in [-0.25, -0.2) is 0 Å². The number of anilines is 1. The molecule has 0 aliphatic carbocycles. The quantitative estimate of drug-likeness (QED) is 0.798. The molecule has 0 aliphatic rings. The van der Waals surface area contributed by atoms with Gasteiger partial charge >= 0.3 is 0 Å². The first-order valence-corrected chi connectivity index (χ1v) is 6.70. The first-order chi connectivity index (χ1) is 10.1. The summed E-state index contributed by atoms with van der Waals surface area (Å²) in [7, 11) is 1.75. The van der Waals surface area contributed by atoms with Gasteiger partial charge in [-0.3, -0.25) is 4.79 Å². The molecule has 0 bridgehead atoms. The maximum atomic E-state index is 11.9. The number of hydrogen-bond acceptors (Lipinski definition) is 5. The van der Waals surface area contributed by atoms with E-state index in [1.165, 1.54) is 4.80 Å². The van der Waals surface area contributed by atoms with E-state index >= 15 is 0 Å². The molecule has 2 aromatic heterocycles. The molecule has 0 saturated carbocycles. The fourth-order valence-electron chi connectivity index (χ4n) is 1.97. The van der Waals surface area contributed by atoms with Crippen LogP contribution >= 0.6 is 11.6 Å². The minimum atomic E-state index is -0.120. The highest BCUT2D eigenvalue weighted by Gasteiger charge is 2.08.